The average Bonchev–Trinajstić information content (AvgIpc) is 3.16. The lowest BCUT2D eigenvalue weighted by Gasteiger charge is -2.33. The molecule has 0 saturated carbocycles. The van der Waals surface area contributed by atoms with Gasteiger partial charge in [-0.2, -0.15) is 4.98 Å². The number of aryl methyl sites for hydroxylation is 1. The van der Waals surface area contributed by atoms with Crippen LogP contribution in [0, 0.1) is 6.92 Å². The van der Waals surface area contributed by atoms with E-state index in [0.29, 0.717) is 23.9 Å². The fourth-order valence-electron chi connectivity index (χ4n) is 3.22. The molecule has 0 bridgehead atoms. The van der Waals surface area contributed by atoms with Gasteiger partial charge >= 0.3 is 6.03 Å². The maximum absolute atomic E-state index is 12.4. The Balaban J connectivity index is 1.32. The van der Waals surface area contributed by atoms with E-state index in [1.807, 2.05) is 12.1 Å². The molecule has 1 aliphatic rings. The molecular weight excluding hydrogens is 358 g/mol. The lowest BCUT2D eigenvalue weighted by Crippen LogP contribution is -2.49. The van der Waals surface area contributed by atoms with Crippen LogP contribution < -0.4 is 15.5 Å². The van der Waals surface area contributed by atoms with Gasteiger partial charge < -0.3 is 20.1 Å². The van der Waals surface area contributed by atoms with Crippen molar-refractivity contribution in [1.82, 2.24) is 25.4 Å². The number of hydrogen-bond acceptors (Lipinski definition) is 7. The van der Waals surface area contributed by atoms with Gasteiger partial charge in [-0.3, -0.25) is 4.98 Å². The number of anilines is 2. The van der Waals surface area contributed by atoms with Gasteiger partial charge in [0, 0.05) is 42.8 Å². The van der Waals surface area contributed by atoms with Gasteiger partial charge in [-0.1, -0.05) is 5.16 Å². The highest BCUT2D eigenvalue weighted by Gasteiger charge is 2.22. The second kappa shape index (κ2) is 8.03. The summed E-state index contributed by atoms with van der Waals surface area (Å²) in [7, 11) is 0. The molecule has 1 aromatic carbocycles. The molecule has 2 N–H and O–H groups in total. The van der Waals surface area contributed by atoms with E-state index >= 15 is 0 Å². The first kappa shape index (κ1) is 17.9. The molecule has 9 nitrogen and oxygen atoms in total. The van der Waals surface area contributed by atoms with E-state index in [-0.39, 0.29) is 12.1 Å². The van der Waals surface area contributed by atoms with E-state index in [4.69, 9.17) is 4.52 Å². The predicted octanol–water partition coefficient (Wildman–Crippen LogP) is 2.63. The Morgan fingerprint density at radius 1 is 1.25 bits per heavy atom. The number of carbonyl (C=O) groups excluding carboxylic acids is 1. The topological polar surface area (TPSA) is 109 Å². The number of amides is 2. The summed E-state index contributed by atoms with van der Waals surface area (Å²) in [5.41, 5.74) is 1.50. The van der Waals surface area contributed by atoms with Crippen LogP contribution in [0.25, 0.3) is 11.5 Å². The quantitative estimate of drug-likeness (QED) is 0.717. The number of hydrogen-bond donors (Lipinski definition) is 2. The number of nitrogens with one attached hydrogen (secondary N) is 2. The highest BCUT2D eigenvalue weighted by molar-refractivity contribution is 5.89. The van der Waals surface area contributed by atoms with E-state index in [9.17, 15) is 4.79 Å². The molecule has 2 aromatic heterocycles. The maximum Gasteiger partial charge on any atom is 0.319 e. The molecule has 28 heavy (non-hydrogen) atoms. The average molecular weight is 379 g/mol. The molecule has 3 heterocycles. The van der Waals surface area contributed by atoms with Crippen LogP contribution in [0.4, 0.5) is 16.3 Å². The fourth-order valence-corrected chi connectivity index (χ4v) is 3.22. The van der Waals surface area contributed by atoms with Crippen molar-refractivity contribution >= 4 is 17.5 Å². The van der Waals surface area contributed by atoms with Gasteiger partial charge in [-0.25, -0.2) is 9.78 Å². The third kappa shape index (κ3) is 4.25. The Morgan fingerprint density at radius 2 is 2.11 bits per heavy atom. The van der Waals surface area contributed by atoms with Crippen molar-refractivity contribution in [3.8, 4) is 11.5 Å². The van der Waals surface area contributed by atoms with Crippen LogP contribution in [0.1, 0.15) is 18.7 Å². The van der Waals surface area contributed by atoms with Gasteiger partial charge in [-0.15, -0.1) is 0 Å². The molecule has 1 saturated heterocycles. The fraction of sp³-hybridized carbons (Fsp3) is 0.316. The van der Waals surface area contributed by atoms with Gasteiger partial charge in [0.2, 0.25) is 0 Å². The van der Waals surface area contributed by atoms with Crippen molar-refractivity contribution in [3.05, 3.63) is 48.7 Å². The minimum atomic E-state index is -0.229. The number of piperidine rings is 1. The van der Waals surface area contributed by atoms with Gasteiger partial charge in [0.05, 0.1) is 6.20 Å². The SMILES string of the molecule is Cc1noc(-c2ccc(NC(=O)NC3CCCN(c4cnccn4)C3)cc2)n1. The second-order valence-electron chi connectivity index (χ2n) is 6.67. The van der Waals surface area contributed by atoms with Crippen LogP contribution in [0.3, 0.4) is 0 Å². The Morgan fingerprint density at radius 3 is 2.82 bits per heavy atom. The van der Waals surface area contributed by atoms with Crippen molar-refractivity contribution < 1.29 is 9.32 Å². The lowest BCUT2D eigenvalue weighted by molar-refractivity contribution is 0.246. The van der Waals surface area contributed by atoms with E-state index in [0.717, 1.165) is 30.8 Å². The molecule has 4 rings (SSSR count). The van der Waals surface area contributed by atoms with E-state index in [1.165, 1.54) is 0 Å². The molecule has 144 valence electrons. The smallest absolute Gasteiger partial charge is 0.319 e. The third-order valence-corrected chi connectivity index (χ3v) is 4.55. The second-order valence-corrected chi connectivity index (χ2v) is 6.67. The molecule has 3 aromatic rings. The maximum atomic E-state index is 12.4. The van der Waals surface area contributed by atoms with Crippen molar-refractivity contribution in [3.63, 3.8) is 0 Å². The largest absolute Gasteiger partial charge is 0.353 e. The first-order valence-electron chi connectivity index (χ1n) is 9.16. The summed E-state index contributed by atoms with van der Waals surface area (Å²) < 4.78 is 5.14. The van der Waals surface area contributed by atoms with Crippen molar-refractivity contribution in [1.29, 1.82) is 0 Å². The molecule has 1 atom stereocenters. The molecule has 0 spiro atoms. The summed E-state index contributed by atoms with van der Waals surface area (Å²) in [4.78, 5) is 27.2. The molecule has 2 amide bonds. The van der Waals surface area contributed by atoms with E-state index < -0.39 is 0 Å². The Hall–Kier alpha value is -3.49. The summed E-state index contributed by atoms with van der Waals surface area (Å²) in [6, 6.07) is 7.10. The van der Waals surface area contributed by atoms with Gasteiger partial charge in [-0.05, 0) is 44.0 Å². The van der Waals surface area contributed by atoms with E-state index in [2.05, 4.69) is 35.6 Å². The van der Waals surface area contributed by atoms with Crippen molar-refractivity contribution in [2.24, 2.45) is 0 Å². The number of aromatic nitrogens is 4. The number of benzene rings is 1. The van der Waals surface area contributed by atoms with Crippen LogP contribution in [0.5, 0.6) is 0 Å². The number of rotatable bonds is 4. The molecule has 0 aliphatic carbocycles. The summed E-state index contributed by atoms with van der Waals surface area (Å²) in [6.07, 6.45) is 6.99. The molecule has 1 unspecified atom stereocenters. The highest BCUT2D eigenvalue weighted by Crippen LogP contribution is 2.20. The Kier molecular flexibility index (Phi) is 5.14. The normalized spacial score (nSPS) is 16.6. The summed E-state index contributed by atoms with van der Waals surface area (Å²) in [6.45, 7) is 3.39. The molecule has 1 aliphatic heterocycles. The molecular formula is C19H21N7O2. The summed E-state index contributed by atoms with van der Waals surface area (Å²) in [5, 5.41) is 9.68. The third-order valence-electron chi connectivity index (χ3n) is 4.55. The zero-order chi connectivity index (χ0) is 19.3. The van der Waals surface area contributed by atoms with Crippen LogP contribution >= 0.6 is 0 Å². The number of urea groups is 1. The van der Waals surface area contributed by atoms with E-state index in [1.54, 1.807) is 37.6 Å². The first-order chi connectivity index (χ1) is 13.7. The monoisotopic (exact) mass is 379 g/mol. The molecule has 9 heteroatoms. The standard InChI is InChI=1S/C19H21N7O2/c1-13-22-18(28-25-13)14-4-6-15(7-5-14)23-19(27)24-16-3-2-10-26(12-16)17-11-20-8-9-21-17/h4-9,11,16H,2-3,10,12H2,1H3,(H2,23,24,27). The van der Waals surface area contributed by atoms with Crippen LogP contribution in [0.2, 0.25) is 0 Å². The van der Waals surface area contributed by atoms with Gasteiger partial charge in [0.1, 0.15) is 5.82 Å². The number of carbonyl (C=O) groups is 1. The Bertz CT molecular complexity index is 927. The van der Waals surface area contributed by atoms with Crippen LogP contribution in [0.15, 0.2) is 47.4 Å². The summed E-state index contributed by atoms with van der Waals surface area (Å²) in [5.74, 6) is 1.88. The summed E-state index contributed by atoms with van der Waals surface area (Å²) >= 11 is 0. The van der Waals surface area contributed by atoms with Gasteiger partial charge in [0.15, 0.2) is 5.82 Å². The minimum Gasteiger partial charge on any atom is -0.353 e. The zero-order valence-corrected chi connectivity index (χ0v) is 15.5. The zero-order valence-electron chi connectivity index (χ0n) is 15.5. The number of nitrogens with zero attached hydrogens (tertiary/aromatic N) is 5. The first-order valence-corrected chi connectivity index (χ1v) is 9.16. The van der Waals surface area contributed by atoms with Crippen molar-refractivity contribution in [2.75, 3.05) is 23.3 Å². The molecule has 0 radical (unpaired) electrons. The van der Waals surface area contributed by atoms with Crippen LogP contribution in [-0.4, -0.2) is 45.3 Å². The van der Waals surface area contributed by atoms with Crippen LogP contribution in [-0.2, 0) is 0 Å². The molecule has 1 fully saturated rings. The highest BCUT2D eigenvalue weighted by atomic mass is 16.5. The minimum absolute atomic E-state index is 0.0522. The van der Waals surface area contributed by atoms with Gasteiger partial charge in [0.25, 0.3) is 5.89 Å². The predicted molar refractivity (Wildman–Crippen MR) is 104 cm³/mol. The van der Waals surface area contributed by atoms with Crippen molar-refractivity contribution in [2.45, 2.75) is 25.8 Å². The lowest BCUT2D eigenvalue weighted by atomic mass is 10.1. The Labute approximate surface area is 162 Å².